The second kappa shape index (κ2) is 9.49. The number of hydrogen-bond donors (Lipinski definition) is 2. The Kier molecular flexibility index (Phi) is 6.89. The summed E-state index contributed by atoms with van der Waals surface area (Å²) < 4.78 is 75.6. The van der Waals surface area contributed by atoms with Crippen LogP contribution in [0.5, 0.6) is 0 Å². The van der Waals surface area contributed by atoms with E-state index in [1.807, 2.05) is 6.07 Å². The molecule has 0 spiro atoms. The van der Waals surface area contributed by atoms with Gasteiger partial charge in [0.2, 0.25) is 5.91 Å². The van der Waals surface area contributed by atoms with Crippen molar-refractivity contribution >= 4 is 15.7 Å². The number of nitrogens with zero attached hydrogens (tertiary/aromatic N) is 3. The van der Waals surface area contributed by atoms with Crippen LogP contribution in [0.4, 0.5) is 13.2 Å². The van der Waals surface area contributed by atoms with Crippen molar-refractivity contribution in [3.8, 4) is 17.2 Å². The van der Waals surface area contributed by atoms with Gasteiger partial charge in [0.05, 0.1) is 53.1 Å². The Morgan fingerprint density at radius 2 is 2.06 bits per heavy atom. The molecule has 36 heavy (non-hydrogen) atoms. The zero-order chi connectivity index (χ0) is 26.3. The van der Waals surface area contributed by atoms with Crippen molar-refractivity contribution < 1.29 is 36.2 Å². The van der Waals surface area contributed by atoms with Crippen LogP contribution in [0.2, 0.25) is 0 Å². The van der Waals surface area contributed by atoms with Crippen molar-refractivity contribution in [1.29, 1.82) is 5.26 Å². The van der Waals surface area contributed by atoms with Crippen molar-refractivity contribution in [2.75, 3.05) is 13.7 Å². The van der Waals surface area contributed by atoms with Crippen LogP contribution in [0.3, 0.4) is 0 Å². The van der Waals surface area contributed by atoms with Crippen LogP contribution in [-0.4, -0.2) is 59.8 Å². The first-order valence-electron chi connectivity index (χ1n) is 11.3. The van der Waals surface area contributed by atoms with Gasteiger partial charge in [-0.25, -0.2) is 8.42 Å². The zero-order valence-electron chi connectivity index (χ0n) is 19.3. The Hall–Kier alpha value is -2.95. The van der Waals surface area contributed by atoms with Crippen molar-refractivity contribution in [3.05, 3.63) is 36.2 Å². The van der Waals surface area contributed by atoms with Crippen LogP contribution in [-0.2, 0) is 32.1 Å². The minimum absolute atomic E-state index is 0.121. The molecule has 1 heterocycles. The smallest absolute Gasteiger partial charge is 0.394 e. The number of ether oxygens (including phenoxy) is 1. The van der Waals surface area contributed by atoms with Crippen molar-refractivity contribution in [2.45, 2.75) is 60.2 Å². The number of alkyl halides is 3. The molecule has 2 aliphatic rings. The lowest BCUT2D eigenvalue weighted by atomic mass is 10.0. The number of nitrogens with one attached hydrogen (secondary N) is 1. The molecule has 0 radical (unpaired) electrons. The number of methoxy groups -OCH3 is 1. The summed E-state index contributed by atoms with van der Waals surface area (Å²) in [6.07, 6.45) is -2.38. The van der Waals surface area contributed by atoms with Crippen LogP contribution in [0, 0.1) is 17.2 Å². The van der Waals surface area contributed by atoms with E-state index in [-0.39, 0.29) is 31.6 Å². The fraction of sp³-hybridized carbons (Fsp3) is 0.522. The number of aromatic nitrogens is 2. The van der Waals surface area contributed by atoms with E-state index < -0.39 is 55.2 Å². The van der Waals surface area contributed by atoms with Crippen LogP contribution in [0.15, 0.2) is 35.5 Å². The van der Waals surface area contributed by atoms with Crippen molar-refractivity contribution in [2.24, 2.45) is 5.92 Å². The van der Waals surface area contributed by atoms with Gasteiger partial charge in [-0.2, -0.15) is 23.5 Å². The minimum atomic E-state index is -4.96. The summed E-state index contributed by atoms with van der Waals surface area (Å²) >= 11 is 0. The van der Waals surface area contributed by atoms with Gasteiger partial charge in [-0.15, -0.1) is 0 Å². The van der Waals surface area contributed by atoms with Crippen LogP contribution >= 0.6 is 0 Å². The number of hydrogen-bond acceptors (Lipinski definition) is 7. The SMILES string of the molecule is COC1CC(S(=O)(=O)c2ccc(-c3cnn(CCO)c3)cc2C(F)(F)F)CC1C(=O)NC1(C#N)CC1. The Labute approximate surface area is 205 Å². The topological polar surface area (TPSA) is 134 Å². The maximum Gasteiger partial charge on any atom is 0.417 e. The van der Waals surface area contributed by atoms with Gasteiger partial charge in [0.25, 0.3) is 0 Å². The Bertz CT molecular complexity index is 1300. The second-order valence-corrected chi connectivity index (χ2v) is 11.3. The molecule has 1 aromatic heterocycles. The van der Waals surface area contributed by atoms with E-state index in [2.05, 4.69) is 10.4 Å². The summed E-state index contributed by atoms with van der Waals surface area (Å²) in [4.78, 5) is 11.9. The maximum absolute atomic E-state index is 14.0. The minimum Gasteiger partial charge on any atom is -0.394 e. The average molecular weight is 527 g/mol. The van der Waals surface area contributed by atoms with E-state index in [1.165, 1.54) is 30.3 Å². The molecule has 1 aromatic carbocycles. The van der Waals surface area contributed by atoms with E-state index in [9.17, 15) is 31.6 Å². The molecule has 2 saturated carbocycles. The third-order valence-corrected chi connectivity index (χ3v) is 8.98. The first kappa shape index (κ1) is 26.1. The average Bonchev–Trinajstić information content (AvgIpc) is 3.23. The molecule has 2 fully saturated rings. The number of aliphatic hydroxyl groups is 1. The Morgan fingerprint density at radius 1 is 1.33 bits per heavy atom. The largest absolute Gasteiger partial charge is 0.417 e. The number of rotatable bonds is 8. The number of aliphatic hydroxyl groups excluding tert-OH is 1. The lowest BCUT2D eigenvalue weighted by Crippen LogP contribution is -2.42. The predicted molar refractivity (Wildman–Crippen MR) is 120 cm³/mol. The fourth-order valence-electron chi connectivity index (χ4n) is 4.56. The van der Waals surface area contributed by atoms with Gasteiger partial charge in [-0.3, -0.25) is 9.48 Å². The van der Waals surface area contributed by atoms with Gasteiger partial charge in [-0.1, -0.05) is 6.07 Å². The molecule has 0 saturated heterocycles. The molecule has 0 aliphatic heterocycles. The molecule has 9 nitrogen and oxygen atoms in total. The number of benzene rings is 1. The quantitative estimate of drug-likeness (QED) is 0.539. The first-order chi connectivity index (χ1) is 16.9. The predicted octanol–water partition coefficient (Wildman–Crippen LogP) is 2.30. The standard InChI is InChI=1S/C23H25F3N4O5S/c1-35-19-10-16(9-17(19)21(32)29-22(13-27)4-5-22)36(33,34)20-3-2-14(8-18(20)23(24,25)26)15-11-28-30(12-15)6-7-31/h2-3,8,11-12,16-17,19,31H,4-7,9-10H2,1H3,(H,29,32). The number of halogens is 3. The van der Waals surface area contributed by atoms with E-state index in [0.29, 0.717) is 18.4 Å². The van der Waals surface area contributed by atoms with Gasteiger partial charge in [0.1, 0.15) is 5.54 Å². The highest BCUT2D eigenvalue weighted by Crippen LogP contribution is 2.43. The van der Waals surface area contributed by atoms with Crippen molar-refractivity contribution in [3.63, 3.8) is 0 Å². The van der Waals surface area contributed by atoms with Crippen molar-refractivity contribution in [1.82, 2.24) is 15.1 Å². The molecular weight excluding hydrogens is 501 g/mol. The highest BCUT2D eigenvalue weighted by atomic mass is 32.2. The lowest BCUT2D eigenvalue weighted by molar-refractivity contribution is -0.139. The van der Waals surface area contributed by atoms with Gasteiger partial charge < -0.3 is 15.2 Å². The van der Waals surface area contributed by atoms with E-state index in [1.54, 1.807) is 0 Å². The number of sulfone groups is 1. The van der Waals surface area contributed by atoms with Gasteiger partial charge in [0.15, 0.2) is 9.84 Å². The summed E-state index contributed by atoms with van der Waals surface area (Å²) in [7, 11) is -3.19. The summed E-state index contributed by atoms with van der Waals surface area (Å²) in [5.74, 6) is -1.45. The second-order valence-electron chi connectivity index (χ2n) is 9.13. The van der Waals surface area contributed by atoms with E-state index in [0.717, 1.165) is 12.1 Å². The molecule has 2 N–H and O–H groups in total. The normalized spacial score (nSPS) is 23.3. The molecule has 3 unspecified atom stereocenters. The molecule has 0 bridgehead atoms. The first-order valence-corrected chi connectivity index (χ1v) is 12.8. The molecule has 194 valence electrons. The molecule has 2 aliphatic carbocycles. The Balaban J connectivity index is 1.64. The summed E-state index contributed by atoms with van der Waals surface area (Å²) in [6.45, 7) is -0.0440. The molecule has 1 amide bonds. The fourth-order valence-corrected chi connectivity index (χ4v) is 6.56. The monoisotopic (exact) mass is 526 g/mol. The highest BCUT2D eigenvalue weighted by Gasteiger charge is 2.51. The summed E-state index contributed by atoms with van der Waals surface area (Å²) in [6, 6.07) is 5.00. The molecular formula is C23H25F3N4O5S. The number of nitriles is 1. The number of amides is 1. The van der Waals surface area contributed by atoms with E-state index in [4.69, 9.17) is 9.84 Å². The molecule has 2 aromatic rings. The molecule has 4 rings (SSSR count). The van der Waals surface area contributed by atoms with Crippen LogP contribution in [0.25, 0.3) is 11.1 Å². The summed E-state index contributed by atoms with van der Waals surface area (Å²) in [5.41, 5.74) is -1.81. The van der Waals surface area contributed by atoms with Gasteiger partial charge >= 0.3 is 6.18 Å². The van der Waals surface area contributed by atoms with Crippen LogP contribution < -0.4 is 5.32 Å². The van der Waals surface area contributed by atoms with Gasteiger partial charge in [0, 0.05) is 18.9 Å². The lowest BCUT2D eigenvalue weighted by Gasteiger charge is -2.19. The summed E-state index contributed by atoms with van der Waals surface area (Å²) in [5, 5.41) is 23.6. The van der Waals surface area contributed by atoms with Crippen LogP contribution in [0.1, 0.15) is 31.2 Å². The number of carbonyl (C=O) groups excluding carboxylic acids is 1. The number of carbonyl (C=O) groups is 1. The zero-order valence-corrected chi connectivity index (χ0v) is 20.1. The Morgan fingerprint density at radius 3 is 2.64 bits per heavy atom. The molecule has 13 heteroatoms. The third-order valence-electron chi connectivity index (χ3n) is 6.75. The maximum atomic E-state index is 14.0. The molecule has 3 atom stereocenters. The van der Waals surface area contributed by atoms with E-state index >= 15 is 0 Å². The van der Waals surface area contributed by atoms with Gasteiger partial charge in [-0.05, 0) is 43.4 Å². The third kappa shape index (κ3) is 4.98. The highest BCUT2D eigenvalue weighted by molar-refractivity contribution is 7.92.